The van der Waals surface area contributed by atoms with Gasteiger partial charge in [-0.3, -0.25) is 9.35 Å². The van der Waals surface area contributed by atoms with Crippen molar-refractivity contribution < 1.29 is 27.2 Å². The van der Waals surface area contributed by atoms with Gasteiger partial charge >= 0.3 is 5.97 Å². The van der Waals surface area contributed by atoms with Crippen LogP contribution >= 0.6 is 0 Å². The molecule has 9 heteroatoms. The van der Waals surface area contributed by atoms with Crippen LogP contribution in [0.4, 0.5) is 5.69 Å². The first-order valence-corrected chi connectivity index (χ1v) is 17.2. The molecule has 0 aliphatic carbocycles. The molecule has 0 bridgehead atoms. The summed E-state index contributed by atoms with van der Waals surface area (Å²) < 4.78 is 50.2. The Bertz CT molecular complexity index is 1980. The highest BCUT2D eigenvalue weighted by atomic mass is 32.2. The highest BCUT2D eigenvalue weighted by Gasteiger charge is 2.46. The molecule has 6 rings (SSSR count). The van der Waals surface area contributed by atoms with E-state index >= 15 is 0 Å². The quantitative estimate of drug-likeness (QED) is 0.176. The molecule has 0 saturated heterocycles. The Hall–Kier alpha value is -3.69. The maximum absolute atomic E-state index is 12.8. The first-order valence-electron chi connectivity index (χ1n) is 15.7. The Labute approximate surface area is 265 Å². The summed E-state index contributed by atoms with van der Waals surface area (Å²) in [6.45, 7) is 18.6. The largest absolute Gasteiger partial charge is 0.459 e. The van der Waals surface area contributed by atoms with Crippen LogP contribution in [-0.4, -0.2) is 50.7 Å². The van der Waals surface area contributed by atoms with Crippen LogP contribution in [0.1, 0.15) is 84.1 Å². The molecule has 0 amide bonds. The van der Waals surface area contributed by atoms with Gasteiger partial charge in [0.05, 0.1) is 11.5 Å². The molecule has 238 valence electrons. The number of esters is 1. The molecule has 1 N–H and O–H groups in total. The summed E-state index contributed by atoms with van der Waals surface area (Å²) in [7, 11) is -4.54. The van der Waals surface area contributed by atoms with Crippen molar-refractivity contribution in [2.75, 3.05) is 24.6 Å². The van der Waals surface area contributed by atoms with E-state index in [-0.39, 0.29) is 40.4 Å². The fourth-order valence-electron chi connectivity index (χ4n) is 7.46. The van der Waals surface area contributed by atoms with Crippen LogP contribution in [0.3, 0.4) is 0 Å². The zero-order valence-corrected chi connectivity index (χ0v) is 28.2. The third-order valence-corrected chi connectivity index (χ3v) is 11.4. The molecule has 8 nitrogen and oxygen atoms in total. The molecule has 3 aliphatic rings. The third kappa shape index (κ3) is 4.86. The monoisotopic (exact) mass is 631 g/mol. The van der Waals surface area contributed by atoms with Crippen molar-refractivity contribution in [1.82, 2.24) is 4.58 Å². The standard InChI is InChI=1S/C36H42N2O6S/c1-9-14-37-21(2)35(5,6)27-17-25-31(19-29(27)37)44-32-20-30-28(36(7,8)22(3)38(30)15-16-43-23(4)39)18-26(32)34(25)24-12-10-11-13-33(24)45(40,41)42/h10-13,17-22H,9,14-16H2,1-8H3/p+1/t21-,22-/m1/s1. The van der Waals surface area contributed by atoms with Crippen molar-refractivity contribution in [2.45, 2.75) is 89.6 Å². The van der Waals surface area contributed by atoms with E-state index in [9.17, 15) is 17.8 Å². The van der Waals surface area contributed by atoms with Gasteiger partial charge in [0.25, 0.3) is 10.1 Å². The number of carbonyl (C=O) groups excluding carboxylic acids is 1. The van der Waals surface area contributed by atoms with E-state index in [0.29, 0.717) is 29.2 Å². The predicted molar refractivity (Wildman–Crippen MR) is 175 cm³/mol. The van der Waals surface area contributed by atoms with Gasteiger partial charge in [0.15, 0.2) is 12.6 Å². The summed E-state index contributed by atoms with van der Waals surface area (Å²) in [5.74, 6) is 0.936. The molecule has 3 aliphatic heterocycles. The maximum Gasteiger partial charge on any atom is 0.302 e. The number of ether oxygens (including phenoxy) is 2. The van der Waals surface area contributed by atoms with E-state index in [4.69, 9.17) is 9.47 Å². The molecule has 0 radical (unpaired) electrons. The Morgan fingerprint density at radius 3 is 2.38 bits per heavy atom. The second-order valence-corrected chi connectivity index (χ2v) is 15.1. The lowest BCUT2D eigenvalue weighted by atomic mass is 9.78. The zero-order chi connectivity index (χ0) is 32.6. The lowest BCUT2D eigenvalue weighted by Crippen LogP contribution is -2.40. The summed E-state index contributed by atoms with van der Waals surface area (Å²) in [5, 5.41) is 1.77. The predicted octanol–water partition coefficient (Wildman–Crippen LogP) is 4.92. The third-order valence-electron chi connectivity index (χ3n) is 10.5. The minimum absolute atomic E-state index is 0.0940. The van der Waals surface area contributed by atoms with Crippen LogP contribution in [0.5, 0.6) is 11.5 Å². The number of anilines is 1. The van der Waals surface area contributed by atoms with Crippen molar-refractivity contribution in [3.8, 4) is 11.5 Å². The van der Waals surface area contributed by atoms with E-state index in [1.54, 1.807) is 18.2 Å². The van der Waals surface area contributed by atoms with Gasteiger partial charge in [-0.15, -0.1) is 0 Å². The zero-order valence-electron chi connectivity index (χ0n) is 27.4. The van der Waals surface area contributed by atoms with Crippen molar-refractivity contribution in [3.05, 3.63) is 81.4 Å². The van der Waals surface area contributed by atoms with E-state index in [0.717, 1.165) is 40.4 Å². The normalized spacial score (nSPS) is 20.7. The van der Waals surface area contributed by atoms with Gasteiger partial charge in [0.2, 0.25) is 5.36 Å². The van der Waals surface area contributed by atoms with Gasteiger partial charge < -0.3 is 14.4 Å². The highest BCUT2D eigenvalue weighted by Crippen LogP contribution is 2.50. The van der Waals surface area contributed by atoms with Gasteiger partial charge in [0.1, 0.15) is 23.0 Å². The first kappa shape index (κ1) is 31.3. The molecule has 3 heterocycles. The van der Waals surface area contributed by atoms with Gasteiger partial charge in [-0.1, -0.05) is 39.0 Å². The number of carbonyl (C=O) groups is 1. The number of hydrogen-bond acceptors (Lipinski definition) is 6. The lowest BCUT2D eigenvalue weighted by molar-refractivity contribution is -0.140. The summed E-state index contributed by atoms with van der Waals surface area (Å²) in [4.78, 5) is 13.8. The second-order valence-electron chi connectivity index (χ2n) is 13.7. The van der Waals surface area contributed by atoms with E-state index in [1.165, 1.54) is 18.6 Å². The number of benzene rings is 3. The molecule has 3 aromatic rings. The van der Waals surface area contributed by atoms with Crippen LogP contribution in [0, 0.1) is 0 Å². The molecule has 0 unspecified atom stereocenters. The van der Waals surface area contributed by atoms with E-state index < -0.39 is 10.1 Å². The maximum atomic E-state index is 12.8. The number of fused-ring (bicyclic) bond motifs is 4. The van der Waals surface area contributed by atoms with E-state index in [1.807, 2.05) is 6.07 Å². The first-order chi connectivity index (χ1) is 21.1. The van der Waals surface area contributed by atoms with Crippen LogP contribution in [0.25, 0.3) is 5.57 Å². The molecule has 2 atom stereocenters. The van der Waals surface area contributed by atoms with Crippen molar-refractivity contribution >= 4 is 27.3 Å². The minimum atomic E-state index is -4.54. The molecule has 0 saturated carbocycles. The van der Waals surface area contributed by atoms with Crippen LogP contribution in [0.2, 0.25) is 0 Å². The topological polar surface area (TPSA) is 96.2 Å². The van der Waals surface area contributed by atoms with Gasteiger partial charge in [-0.2, -0.15) is 8.42 Å². The van der Waals surface area contributed by atoms with Crippen LogP contribution < -0.4 is 24.8 Å². The summed E-state index contributed by atoms with van der Waals surface area (Å²) in [6, 6.07) is 15.4. The molecular weight excluding hydrogens is 588 g/mol. The average Bonchev–Trinajstić information content (AvgIpc) is 3.27. The molecule has 0 spiro atoms. The Kier molecular flexibility index (Phi) is 7.44. The summed E-state index contributed by atoms with van der Waals surface area (Å²) >= 11 is 0. The van der Waals surface area contributed by atoms with Gasteiger partial charge in [-0.05, 0) is 57.9 Å². The molecular formula is C36H43N2O6S+. The van der Waals surface area contributed by atoms with Crippen LogP contribution in [-0.2, 0) is 30.5 Å². The van der Waals surface area contributed by atoms with Crippen LogP contribution in [0.15, 0.2) is 53.4 Å². The summed E-state index contributed by atoms with van der Waals surface area (Å²) in [6.07, 6.45) is 1.00. The van der Waals surface area contributed by atoms with Crippen molar-refractivity contribution in [1.29, 1.82) is 0 Å². The lowest BCUT2D eigenvalue weighted by Gasteiger charge is -2.31. The molecule has 0 aromatic heterocycles. The van der Waals surface area contributed by atoms with Crippen molar-refractivity contribution in [3.63, 3.8) is 0 Å². The number of hydrogen-bond donors (Lipinski definition) is 1. The Morgan fingerprint density at radius 1 is 1.00 bits per heavy atom. The number of nitrogens with zero attached hydrogens (tertiary/aromatic N) is 2. The van der Waals surface area contributed by atoms with E-state index in [2.05, 4.69) is 76.1 Å². The molecule has 0 fully saturated rings. The van der Waals surface area contributed by atoms with Gasteiger partial charge in [0, 0.05) is 64.2 Å². The SMILES string of the molecule is CCCN1c2cc3c(cc2C(C)(C)[C@H]1C)C(c1ccccc1S(=O)(=O)O)=c1cc2c(cc1O3)=[N+](CCOC(C)=O)[C@H](C)C2(C)C. The fraction of sp³-hybridized carbons (Fsp3) is 0.444. The number of rotatable bonds is 7. The molecule has 3 aromatic carbocycles. The Balaban J connectivity index is 1.70. The average molecular weight is 632 g/mol. The second kappa shape index (κ2) is 10.7. The van der Waals surface area contributed by atoms with Crippen molar-refractivity contribution in [2.24, 2.45) is 0 Å². The minimum Gasteiger partial charge on any atom is -0.459 e. The highest BCUT2D eigenvalue weighted by molar-refractivity contribution is 7.86. The summed E-state index contributed by atoms with van der Waals surface area (Å²) in [5.41, 5.74) is 4.90. The molecule has 45 heavy (non-hydrogen) atoms. The Morgan fingerprint density at radius 2 is 1.71 bits per heavy atom. The smallest absolute Gasteiger partial charge is 0.302 e. The fourth-order valence-corrected chi connectivity index (χ4v) is 8.16. The van der Waals surface area contributed by atoms with Gasteiger partial charge in [-0.25, -0.2) is 4.58 Å².